The van der Waals surface area contributed by atoms with E-state index >= 15 is 0 Å². The van der Waals surface area contributed by atoms with E-state index in [4.69, 9.17) is 16.3 Å². The van der Waals surface area contributed by atoms with E-state index in [-0.39, 0.29) is 24.3 Å². The number of rotatable bonds is 7. The Morgan fingerprint density at radius 2 is 1.74 bits per heavy atom. The Bertz CT molecular complexity index is 1080. The summed E-state index contributed by atoms with van der Waals surface area (Å²) in [4.78, 5) is 24.6. The van der Waals surface area contributed by atoms with Gasteiger partial charge in [-0.1, -0.05) is 24.4 Å². The van der Waals surface area contributed by atoms with Gasteiger partial charge in [0.1, 0.15) is 5.75 Å². The molecule has 0 spiro atoms. The van der Waals surface area contributed by atoms with Crippen molar-refractivity contribution in [1.82, 2.24) is 0 Å². The minimum atomic E-state index is -3.93. The molecule has 0 saturated heterocycles. The Morgan fingerprint density at radius 3 is 2.32 bits per heavy atom. The second kappa shape index (κ2) is 9.28. The van der Waals surface area contributed by atoms with Crippen LogP contribution < -0.4 is 10.1 Å². The van der Waals surface area contributed by atoms with Crippen LogP contribution in [0.3, 0.4) is 0 Å². The predicted molar refractivity (Wildman–Crippen MR) is 117 cm³/mol. The number of anilines is 1. The normalized spacial score (nSPS) is 15.3. The molecule has 2 aromatic carbocycles. The van der Waals surface area contributed by atoms with Gasteiger partial charge in [0, 0.05) is 10.7 Å². The summed E-state index contributed by atoms with van der Waals surface area (Å²) in [5, 5.41) is 3.22. The van der Waals surface area contributed by atoms with Crippen molar-refractivity contribution < 1.29 is 27.5 Å². The molecule has 0 radical (unpaired) electrons. The molecule has 0 aromatic heterocycles. The van der Waals surface area contributed by atoms with Crippen LogP contribution in [0.25, 0.3) is 0 Å². The lowest BCUT2D eigenvalue weighted by molar-refractivity contribution is -0.142. The maximum Gasteiger partial charge on any atom is 0.343 e. The Hall–Kier alpha value is -2.58. The number of sulfone groups is 1. The van der Waals surface area contributed by atoms with Crippen molar-refractivity contribution in [2.24, 2.45) is 0 Å². The van der Waals surface area contributed by atoms with Crippen LogP contribution in [0, 0.1) is 6.92 Å². The molecular weight excluding hydrogens is 442 g/mol. The fraction of sp³-hybridized carbons (Fsp3) is 0.364. The fourth-order valence-corrected chi connectivity index (χ4v) is 5.90. The first-order chi connectivity index (χ1) is 14.7. The molecule has 1 aliphatic rings. The molecule has 9 heteroatoms. The molecule has 1 fully saturated rings. The molecule has 1 saturated carbocycles. The zero-order chi connectivity index (χ0) is 22.6. The van der Waals surface area contributed by atoms with Gasteiger partial charge in [-0.25, -0.2) is 13.2 Å². The topological polar surface area (TPSA) is 98.8 Å². The molecule has 166 valence electrons. The molecule has 1 aliphatic carbocycles. The number of methoxy groups -OCH3 is 1. The molecular formula is C22H24ClNO6S. The van der Waals surface area contributed by atoms with Gasteiger partial charge in [0.05, 0.1) is 12.0 Å². The Kier molecular flexibility index (Phi) is 6.91. The highest BCUT2D eigenvalue weighted by Gasteiger charge is 2.53. The molecule has 0 unspecified atom stereocenters. The van der Waals surface area contributed by atoms with Crippen molar-refractivity contribution in [3.05, 3.63) is 53.1 Å². The molecule has 0 heterocycles. The van der Waals surface area contributed by atoms with Crippen LogP contribution in [-0.4, -0.2) is 38.8 Å². The fourth-order valence-electron chi connectivity index (χ4n) is 3.71. The van der Waals surface area contributed by atoms with Crippen LogP contribution in [-0.2, 0) is 24.2 Å². The van der Waals surface area contributed by atoms with Gasteiger partial charge >= 0.3 is 5.97 Å². The smallest absolute Gasteiger partial charge is 0.343 e. The van der Waals surface area contributed by atoms with Crippen LogP contribution in [0.5, 0.6) is 5.75 Å². The van der Waals surface area contributed by atoms with Crippen LogP contribution in [0.1, 0.15) is 31.2 Å². The van der Waals surface area contributed by atoms with Crippen LogP contribution in [0.15, 0.2) is 47.4 Å². The number of hydrogen-bond donors (Lipinski definition) is 1. The first kappa shape index (κ1) is 23.1. The highest BCUT2D eigenvalue weighted by Crippen LogP contribution is 2.42. The number of carbonyl (C=O) groups is 2. The lowest BCUT2D eigenvalue weighted by Gasteiger charge is -2.28. The average molecular weight is 466 g/mol. The lowest BCUT2D eigenvalue weighted by atomic mass is 10.1. The van der Waals surface area contributed by atoms with Gasteiger partial charge in [-0.05, 0) is 67.8 Å². The summed E-state index contributed by atoms with van der Waals surface area (Å²) in [5.74, 6) is -0.623. The van der Waals surface area contributed by atoms with Gasteiger partial charge in [0.15, 0.2) is 21.2 Å². The number of halogens is 1. The van der Waals surface area contributed by atoms with Gasteiger partial charge in [-0.3, -0.25) is 4.79 Å². The van der Waals surface area contributed by atoms with E-state index in [0.29, 0.717) is 34.9 Å². The molecule has 2 aromatic rings. The highest BCUT2D eigenvalue weighted by molar-refractivity contribution is 7.93. The predicted octanol–water partition coefficient (Wildman–Crippen LogP) is 3.93. The average Bonchev–Trinajstić information content (AvgIpc) is 3.26. The number of hydrogen-bond acceptors (Lipinski definition) is 6. The summed E-state index contributed by atoms with van der Waals surface area (Å²) in [6.45, 7) is 1.53. The summed E-state index contributed by atoms with van der Waals surface area (Å²) >= 11 is 5.89. The lowest BCUT2D eigenvalue weighted by Crippen LogP contribution is -2.47. The van der Waals surface area contributed by atoms with Gasteiger partial charge in [0.25, 0.3) is 0 Å². The first-order valence-electron chi connectivity index (χ1n) is 9.81. The maximum absolute atomic E-state index is 13.4. The molecule has 7 nitrogen and oxygen atoms in total. The zero-order valence-corrected chi connectivity index (χ0v) is 18.9. The Morgan fingerprint density at radius 1 is 1.10 bits per heavy atom. The first-order valence-corrected chi connectivity index (χ1v) is 11.7. The van der Waals surface area contributed by atoms with E-state index in [2.05, 4.69) is 10.1 Å². The standard InChI is InChI=1S/C22H24ClNO6S/c1-15-13-17(30-14-20(25)29-2)7-10-19(15)24-21(26)22(11-3-4-12-22)31(27,28)18-8-5-16(23)6-9-18/h5-10,13H,3-4,11-12,14H2,1-2H3,(H,24,26). The highest BCUT2D eigenvalue weighted by atomic mass is 35.5. The summed E-state index contributed by atoms with van der Waals surface area (Å²) < 4.78 is 35.2. The van der Waals surface area contributed by atoms with Crippen LogP contribution >= 0.6 is 11.6 Å². The van der Waals surface area contributed by atoms with Crippen LogP contribution in [0.4, 0.5) is 5.69 Å². The number of amides is 1. The molecule has 0 bridgehead atoms. The molecule has 1 N–H and O–H groups in total. The third kappa shape index (κ3) is 4.70. The van der Waals surface area contributed by atoms with Crippen molar-refractivity contribution in [2.75, 3.05) is 19.0 Å². The van der Waals surface area contributed by atoms with Crippen molar-refractivity contribution >= 4 is 39.0 Å². The summed E-state index contributed by atoms with van der Waals surface area (Å²) in [6.07, 6.45) is 1.81. The van der Waals surface area contributed by atoms with Crippen molar-refractivity contribution in [3.8, 4) is 5.75 Å². The zero-order valence-electron chi connectivity index (χ0n) is 17.3. The third-order valence-corrected chi connectivity index (χ3v) is 8.26. The van der Waals surface area contributed by atoms with Gasteiger partial charge in [-0.2, -0.15) is 0 Å². The SMILES string of the molecule is COC(=O)COc1ccc(NC(=O)C2(S(=O)(=O)c3ccc(Cl)cc3)CCCC2)c(C)c1. The largest absolute Gasteiger partial charge is 0.482 e. The molecule has 0 aliphatic heterocycles. The van der Waals surface area contributed by atoms with E-state index in [0.717, 1.165) is 0 Å². The van der Waals surface area contributed by atoms with E-state index in [9.17, 15) is 18.0 Å². The minimum absolute atomic E-state index is 0.0808. The number of aryl methyl sites for hydroxylation is 1. The third-order valence-electron chi connectivity index (χ3n) is 5.49. The van der Waals surface area contributed by atoms with Gasteiger partial charge < -0.3 is 14.8 Å². The summed E-state index contributed by atoms with van der Waals surface area (Å²) in [7, 11) is -2.65. The van der Waals surface area contributed by atoms with E-state index < -0.39 is 26.5 Å². The summed E-state index contributed by atoms with van der Waals surface area (Å²) in [6, 6.07) is 10.8. The van der Waals surface area contributed by atoms with Gasteiger partial charge in [-0.15, -0.1) is 0 Å². The second-order valence-electron chi connectivity index (χ2n) is 7.45. The number of carbonyl (C=O) groups excluding carboxylic acids is 2. The van der Waals surface area contributed by atoms with Crippen molar-refractivity contribution in [1.29, 1.82) is 0 Å². The van der Waals surface area contributed by atoms with E-state index in [1.54, 1.807) is 25.1 Å². The van der Waals surface area contributed by atoms with E-state index in [1.807, 2.05) is 0 Å². The molecule has 0 atom stereocenters. The number of benzene rings is 2. The minimum Gasteiger partial charge on any atom is -0.482 e. The Labute approximate surface area is 186 Å². The molecule has 3 rings (SSSR count). The molecule has 1 amide bonds. The van der Waals surface area contributed by atoms with Crippen molar-refractivity contribution in [3.63, 3.8) is 0 Å². The maximum atomic E-state index is 13.4. The van der Waals surface area contributed by atoms with Gasteiger partial charge in [0.2, 0.25) is 5.91 Å². The Balaban J connectivity index is 1.84. The van der Waals surface area contributed by atoms with Crippen molar-refractivity contribution in [2.45, 2.75) is 42.2 Å². The quantitative estimate of drug-likeness (QED) is 0.622. The number of nitrogens with one attached hydrogen (secondary N) is 1. The number of esters is 1. The second-order valence-corrected chi connectivity index (χ2v) is 10.2. The monoisotopic (exact) mass is 465 g/mol. The number of ether oxygens (including phenoxy) is 2. The van der Waals surface area contributed by atoms with Crippen LogP contribution in [0.2, 0.25) is 5.02 Å². The summed E-state index contributed by atoms with van der Waals surface area (Å²) in [5.41, 5.74) is 1.15. The van der Waals surface area contributed by atoms with E-state index in [1.165, 1.54) is 31.4 Å². The molecule has 31 heavy (non-hydrogen) atoms.